The van der Waals surface area contributed by atoms with Crippen molar-refractivity contribution in [1.82, 2.24) is 4.72 Å². The summed E-state index contributed by atoms with van der Waals surface area (Å²) in [6, 6.07) is 14.5. The van der Waals surface area contributed by atoms with E-state index in [0.29, 0.717) is 34.4 Å². The molecule has 9 heteroatoms. The first-order chi connectivity index (χ1) is 14.9. The molecule has 0 unspecified atom stereocenters. The van der Waals surface area contributed by atoms with Crippen LogP contribution in [-0.2, 0) is 21.4 Å². The number of furan rings is 1. The number of carbonyl (C=O) groups excluding carboxylic acids is 1. The van der Waals surface area contributed by atoms with Gasteiger partial charge in [-0.3, -0.25) is 4.79 Å². The van der Waals surface area contributed by atoms with Gasteiger partial charge in [-0.2, -0.15) is 0 Å². The van der Waals surface area contributed by atoms with E-state index in [-0.39, 0.29) is 17.3 Å². The SMILES string of the molecule is CCOc1ccc(Cl)cc1NC(=O)C=Cc1ccc(S(=O)(=O)NCc2ccco2)cc1. The summed E-state index contributed by atoms with van der Waals surface area (Å²) in [4.78, 5) is 12.4. The van der Waals surface area contributed by atoms with Crippen LogP contribution in [0, 0.1) is 0 Å². The molecule has 0 atom stereocenters. The molecule has 1 heterocycles. The number of rotatable bonds is 9. The summed E-state index contributed by atoms with van der Waals surface area (Å²) in [7, 11) is -3.68. The van der Waals surface area contributed by atoms with Gasteiger partial charge in [-0.25, -0.2) is 13.1 Å². The van der Waals surface area contributed by atoms with Crippen LogP contribution in [0.5, 0.6) is 5.75 Å². The Balaban J connectivity index is 1.63. The molecule has 3 aromatic rings. The molecule has 0 fully saturated rings. The van der Waals surface area contributed by atoms with E-state index in [4.69, 9.17) is 20.8 Å². The van der Waals surface area contributed by atoms with Gasteiger partial charge in [-0.05, 0) is 61.0 Å². The zero-order valence-corrected chi connectivity index (χ0v) is 18.2. The topological polar surface area (TPSA) is 97.6 Å². The van der Waals surface area contributed by atoms with Crippen molar-refractivity contribution in [3.05, 3.63) is 83.3 Å². The maximum atomic E-state index is 12.4. The second kappa shape index (κ2) is 10.3. The number of amides is 1. The highest BCUT2D eigenvalue weighted by Gasteiger charge is 2.14. The van der Waals surface area contributed by atoms with Crippen LogP contribution in [0.2, 0.25) is 5.02 Å². The highest BCUT2D eigenvalue weighted by Crippen LogP contribution is 2.28. The number of benzene rings is 2. The summed E-state index contributed by atoms with van der Waals surface area (Å²) < 4.78 is 37.8. The van der Waals surface area contributed by atoms with Gasteiger partial charge < -0.3 is 14.5 Å². The third kappa shape index (κ3) is 6.45. The Bertz CT molecular complexity index is 1160. The molecule has 3 rings (SSSR count). The largest absolute Gasteiger partial charge is 0.492 e. The van der Waals surface area contributed by atoms with E-state index in [2.05, 4.69) is 10.0 Å². The van der Waals surface area contributed by atoms with Crippen molar-refractivity contribution in [3.8, 4) is 5.75 Å². The normalized spacial score (nSPS) is 11.5. The predicted octanol–water partition coefficient (Wildman–Crippen LogP) is 4.46. The molecule has 7 nitrogen and oxygen atoms in total. The first-order valence-corrected chi connectivity index (χ1v) is 11.3. The Morgan fingerprint density at radius 1 is 1.16 bits per heavy atom. The predicted molar refractivity (Wildman–Crippen MR) is 119 cm³/mol. The van der Waals surface area contributed by atoms with Crippen LogP contribution in [0.15, 0.2) is 76.2 Å². The smallest absolute Gasteiger partial charge is 0.248 e. The summed E-state index contributed by atoms with van der Waals surface area (Å²) in [6.45, 7) is 2.35. The van der Waals surface area contributed by atoms with Crippen LogP contribution < -0.4 is 14.8 Å². The van der Waals surface area contributed by atoms with Crippen LogP contribution in [0.3, 0.4) is 0 Å². The minimum Gasteiger partial charge on any atom is -0.492 e. The van der Waals surface area contributed by atoms with Gasteiger partial charge >= 0.3 is 0 Å². The monoisotopic (exact) mass is 460 g/mol. The molecule has 2 N–H and O–H groups in total. The molecule has 1 aromatic heterocycles. The van der Waals surface area contributed by atoms with Crippen molar-refractivity contribution in [2.45, 2.75) is 18.4 Å². The molecule has 0 bridgehead atoms. The lowest BCUT2D eigenvalue weighted by Gasteiger charge is -2.10. The number of ether oxygens (including phenoxy) is 1. The number of carbonyl (C=O) groups is 1. The van der Waals surface area contributed by atoms with Crippen LogP contribution in [0.1, 0.15) is 18.2 Å². The van der Waals surface area contributed by atoms with Crippen molar-refractivity contribution in [3.63, 3.8) is 0 Å². The van der Waals surface area contributed by atoms with E-state index in [1.807, 2.05) is 6.92 Å². The van der Waals surface area contributed by atoms with Gasteiger partial charge in [0.25, 0.3) is 0 Å². The molecule has 0 saturated heterocycles. The number of nitrogens with one attached hydrogen (secondary N) is 2. The molecule has 0 radical (unpaired) electrons. The van der Waals surface area contributed by atoms with Crippen molar-refractivity contribution in [2.75, 3.05) is 11.9 Å². The maximum absolute atomic E-state index is 12.4. The van der Waals surface area contributed by atoms with Gasteiger partial charge in [0.15, 0.2) is 0 Å². The Morgan fingerprint density at radius 3 is 2.61 bits per heavy atom. The highest BCUT2D eigenvalue weighted by atomic mass is 35.5. The molecule has 31 heavy (non-hydrogen) atoms. The number of halogens is 1. The van der Waals surface area contributed by atoms with Crippen LogP contribution >= 0.6 is 11.6 Å². The van der Waals surface area contributed by atoms with E-state index < -0.39 is 10.0 Å². The molecule has 1 amide bonds. The number of hydrogen-bond acceptors (Lipinski definition) is 5. The molecular weight excluding hydrogens is 440 g/mol. The highest BCUT2D eigenvalue weighted by molar-refractivity contribution is 7.89. The quantitative estimate of drug-likeness (QED) is 0.459. The average Bonchev–Trinajstić information content (AvgIpc) is 3.27. The summed E-state index contributed by atoms with van der Waals surface area (Å²) in [5.41, 5.74) is 1.13. The summed E-state index contributed by atoms with van der Waals surface area (Å²) in [5.74, 6) is 0.659. The molecule has 0 aliphatic carbocycles. The molecule has 2 aromatic carbocycles. The van der Waals surface area contributed by atoms with Crippen molar-refractivity contribution >= 4 is 39.3 Å². The third-order valence-corrected chi connectivity index (χ3v) is 5.79. The molecule has 0 aliphatic rings. The number of sulfonamides is 1. The zero-order chi connectivity index (χ0) is 22.3. The third-order valence-electron chi connectivity index (χ3n) is 4.13. The van der Waals surface area contributed by atoms with E-state index in [9.17, 15) is 13.2 Å². The molecule has 0 spiro atoms. The van der Waals surface area contributed by atoms with E-state index in [0.717, 1.165) is 0 Å². The average molecular weight is 461 g/mol. The van der Waals surface area contributed by atoms with Gasteiger partial charge in [-0.15, -0.1) is 0 Å². The van der Waals surface area contributed by atoms with Crippen LogP contribution in [0.25, 0.3) is 6.08 Å². The molecule has 0 saturated carbocycles. The number of hydrogen-bond donors (Lipinski definition) is 2. The van der Waals surface area contributed by atoms with Crippen molar-refractivity contribution < 1.29 is 22.4 Å². The lowest BCUT2D eigenvalue weighted by molar-refractivity contribution is -0.111. The first kappa shape index (κ1) is 22.6. The van der Waals surface area contributed by atoms with E-state index in [1.54, 1.807) is 48.5 Å². The second-order valence-corrected chi connectivity index (χ2v) is 8.57. The van der Waals surface area contributed by atoms with Gasteiger partial charge in [-0.1, -0.05) is 23.7 Å². The molecule has 162 valence electrons. The molecule has 0 aliphatic heterocycles. The fraction of sp³-hybridized carbons (Fsp3) is 0.136. The van der Waals surface area contributed by atoms with E-state index in [1.165, 1.54) is 24.5 Å². The first-order valence-electron chi connectivity index (χ1n) is 9.41. The van der Waals surface area contributed by atoms with Gasteiger partial charge in [0.05, 0.1) is 30.0 Å². The standard InChI is InChI=1S/C22H21ClN2O5S/c1-2-29-21-11-8-17(23)14-20(21)25-22(26)12-7-16-5-9-19(10-6-16)31(27,28)24-15-18-4-3-13-30-18/h3-14,24H,2,15H2,1H3,(H,25,26). The summed E-state index contributed by atoms with van der Waals surface area (Å²) in [6.07, 6.45) is 4.40. The lowest BCUT2D eigenvalue weighted by Crippen LogP contribution is -2.22. The fourth-order valence-corrected chi connectivity index (χ4v) is 3.81. The Labute approximate surface area is 185 Å². The number of anilines is 1. The van der Waals surface area contributed by atoms with Gasteiger partial charge in [0.1, 0.15) is 11.5 Å². The van der Waals surface area contributed by atoms with Crippen LogP contribution in [-0.4, -0.2) is 20.9 Å². The van der Waals surface area contributed by atoms with Gasteiger partial charge in [0.2, 0.25) is 15.9 Å². The lowest BCUT2D eigenvalue weighted by atomic mass is 10.2. The molecular formula is C22H21ClN2O5S. The summed E-state index contributed by atoms with van der Waals surface area (Å²) in [5, 5.41) is 3.19. The Hall–Kier alpha value is -3.07. The Kier molecular flexibility index (Phi) is 7.51. The van der Waals surface area contributed by atoms with E-state index >= 15 is 0 Å². The zero-order valence-electron chi connectivity index (χ0n) is 16.7. The van der Waals surface area contributed by atoms with Crippen molar-refractivity contribution in [1.29, 1.82) is 0 Å². The van der Waals surface area contributed by atoms with Crippen LogP contribution in [0.4, 0.5) is 5.69 Å². The maximum Gasteiger partial charge on any atom is 0.248 e. The second-order valence-electron chi connectivity index (χ2n) is 6.37. The van der Waals surface area contributed by atoms with Crippen molar-refractivity contribution in [2.24, 2.45) is 0 Å². The fourth-order valence-electron chi connectivity index (χ4n) is 2.65. The minimum atomic E-state index is -3.68. The minimum absolute atomic E-state index is 0.0599. The summed E-state index contributed by atoms with van der Waals surface area (Å²) >= 11 is 5.99. The van der Waals surface area contributed by atoms with Gasteiger partial charge in [0, 0.05) is 11.1 Å². The Morgan fingerprint density at radius 2 is 1.94 bits per heavy atom.